The summed E-state index contributed by atoms with van der Waals surface area (Å²) in [6, 6.07) is 10.1. The smallest absolute Gasteiger partial charge is 0.256 e. The Balaban J connectivity index is 2.25. The predicted octanol–water partition coefficient (Wildman–Crippen LogP) is 4.21. The first-order valence-corrected chi connectivity index (χ1v) is 6.99. The van der Waals surface area contributed by atoms with Crippen LogP contribution >= 0.6 is 34.2 Å². The summed E-state index contributed by atoms with van der Waals surface area (Å²) in [6.45, 7) is 1.77. The third kappa shape index (κ3) is 3.39. The zero-order valence-corrected chi connectivity index (χ0v) is 13.0. The Labute approximate surface area is 129 Å². The van der Waals surface area contributed by atoms with Crippen molar-refractivity contribution in [3.63, 3.8) is 0 Å². The van der Waals surface area contributed by atoms with Gasteiger partial charge in [-0.15, -0.1) is 0 Å². The molecular formula is C14H11ClINO2. The summed E-state index contributed by atoms with van der Waals surface area (Å²) < 4.78 is 0.829. The van der Waals surface area contributed by atoms with E-state index in [-0.39, 0.29) is 11.7 Å². The second kappa shape index (κ2) is 5.79. The van der Waals surface area contributed by atoms with Crippen LogP contribution in [0, 0.1) is 10.5 Å². The second-order valence-corrected chi connectivity index (χ2v) is 5.68. The monoisotopic (exact) mass is 387 g/mol. The molecule has 1 amide bonds. The van der Waals surface area contributed by atoms with Crippen molar-refractivity contribution in [1.29, 1.82) is 0 Å². The molecule has 19 heavy (non-hydrogen) atoms. The first-order valence-electron chi connectivity index (χ1n) is 5.53. The Morgan fingerprint density at radius 1 is 1.26 bits per heavy atom. The van der Waals surface area contributed by atoms with Crippen molar-refractivity contribution in [3.05, 3.63) is 56.1 Å². The van der Waals surface area contributed by atoms with Gasteiger partial charge < -0.3 is 10.4 Å². The highest BCUT2D eigenvalue weighted by molar-refractivity contribution is 14.1. The maximum absolute atomic E-state index is 12.1. The van der Waals surface area contributed by atoms with Crippen molar-refractivity contribution < 1.29 is 9.90 Å². The van der Waals surface area contributed by atoms with Crippen molar-refractivity contribution in [2.45, 2.75) is 6.92 Å². The van der Waals surface area contributed by atoms with E-state index in [2.05, 4.69) is 27.9 Å². The highest BCUT2D eigenvalue weighted by Crippen LogP contribution is 2.22. The number of benzene rings is 2. The minimum atomic E-state index is -0.225. The van der Waals surface area contributed by atoms with Crippen LogP contribution in [0.5, 0.6) is 5.75 Å². The van der Waals surface area contributed by atoms with E-state index in [0.29, 0.717) is 21.8 Å². The largest absolute Gasteiger partial charge is 0.508 e. The average molecular weight is 388 g/mol. The van der Waals surface area contributed by atoms with Crippen LogP contribution in [-0.2, 0) is 0 Å². The quantitative estimate of drug-likeness (QED) is 0.599. The molecule has 0 aliphatic rings. The van der Waals surface area contributed by atoms with E-state index in [1.807, 2.05) is 0 Å². The van der Waals surface area contributed by atoms with Gasteiger partial charge in [0.25, 0.3) is 5.91 Å². The van der Waals surface area contributed by atoms with Gasteiger partial charge in [-0.2, -0.15) is 0 Å². The summed E-state index contributed by atoms with van der Waals surface area (Å²) in [5, 5.41) is 12.7. The van der Waals surface area contributed by atoms with E-state index in [1.165, 1.54) is 0 Å². The third-order valence-corrected chi connectivity index (χ3v) is 3.80. The summed E-state index contributed by atoms with van der Waals surface area (Å²) in [5.41, 5.74) is 1.87. The zero-order chi connectivity index (χ0) is 14.0. The Morgan fingerprint density at radius 2 is 2.00 bits per heavy atom. The summed E-state index contributed by atoms with van der Waals surface area (Å²) in [6.07, 6.45) is 0. The Bertz CT molecular complexity index is 643. The average Bonchev–Trinajstić information content (AvgIpc) is 2.36. The van der Waals surface area contributed by atoms with Crippen molar-refractivity contribution in [2.24, 2.45) is 0 Å². The fourth-order valence-corrected chi connectivity index (χ4v) is 2.36. The zero-order valence-electron chi connectivity index (χ0n) is 10.1. The molecule has 0 aliphatic heterocycles. The lowest BCUT2D eigenvalue weighted by atomic mass is 10.1. The van der Waals surface area contributed by atoms with Gasteiger partial charge in [0, 0.05) is 14.3 Å². The molecular weight excluding hydrogens is 377 g/mol. The van der Waals surface area contributed by atoms with Gasteiger partial charge in [-0.05, 0) is 71.5 Å². The van der Waals surface area contributed by atoms with Crippen molar-refractivity contribution in [2.75, 3.05) is 5.32 Å². The highest BCUT2D eigenvalue weighted by atomic mass is 127. The minimum Gasteiger partial charge on any atom is -0.508 e. The van der Waals surface area contributed by atoms with Gasteiger partial charge in [-0.3, -0.25) is 4.79 Å². The molecule has 0 saturated heterocycles. The molecule has 2 N–H and O–H groups in total. The molecule has 0 atom stereocenters. The first-order chi connectivity index (χ1) is 8.97. The van der Waals surface area contributed by atoms with Gasteiger partial charge in [0.1, 0.15) is 5.75 Å². The SMILES string of the molecule is Cc1cc(NC(=O)c2cc(Cl)ccc2I)ccc1O. The predicted molar refractivity (Wildman–Crippen MR) is 85.0 cm³/mol. The number of anilines is 1. The lowest BCUT2D eigenvalue weighted by Crippen LogP contribution is -2.13. The fourth-order valence-electron chi connectivity index (χ4n) is 1.60. The number of phenolic OH excluding ortho intramolecular Hbond substituents is 1. The van der Waals surface area contributed by atoms with E-state index in [9.17, 15) is 9.90 Å². The number of amides is 1. The highest BCUT2D eigenvalue weighted by Gasteiger charge is 2.11. The normalized spacial score (nSPS) is 10.3. The molecule has 0 radical (unpaired) electrons. The van der Waals surface area contributed by atoms with E-state index in [4.69, 9.17) is 11.6 Å². The minimum absolute atomic E-state index is 0.204. The maximum Gasteiger partial charge on any atom is 0.256 e. The number of halogens is 2. The number of hydrogen-bond acceptors (Lipinski definition) is 2. The molecule has 0 aliphatic carbocycles. The first kappa shape index (κ1) is 14.1. The van der Waals surface area contributed by atoms with Gasteiger partial charge in [-0.25, -0.2) is 0 Å². The Morgan fingerprint density at radius 3 is 2.68 bits per heavy atom. The van der Waals surface area contributed by atoms with Crippen LogP contribution in [-0.4, -0.2) is 11.0 Å². The number of hydrogen-bond donors (Lipinski definition) is 2. The van der Waals surface area contributed by atoms with Gasteiger partial charge >= 0.3 is 0 Å². The molecule has 0 saturated carbocycles. The summed E-state index contributed by atoms with van der Waals surface area (Å²) >= 11 is 7.98. The number of phenols is 1. The lowest BCUT2D eigenvalue weighted by Gasteiger charge is -2.08. The molecule has 98 valence electrons. The van der Waals surface area contributed by atoms with Gasteiger partial charge in [-0.1, -0.05) is 11.6 Å². The second-order valence-electron chi connectivity index (χ2n) is 4.08. The Kier molecular flexibility index (Phi) is 4.31. The Hall–Kier alpha value is -1.27. The molecule has 0 heterocycles. The molecule has 0 bridgehead atoms. The van der Waals surface area contributed by atoms with E-state index >= 15 is 0 Å². The summed E-state index contributed by atoms with van der Waals surface area (Å²) in [5.74, 6) is -0.0210. The van der Waals surface area contributed by atoms with Crippen LogP contribution in [0.25, 0.3) is 0 Å². The van der Waals surface area contributed by atoms with Crippen LogP contribution in [0.1, 0.15) is 15.9 Å². The molecule has 0 spiro atoms. The van der Waals surface area contributed by atoms with Crippen LogP contribution in [0.3, 0.4) is 0 Å². The third-order valence-electron chi connectivity index (χ3n) is 2.63. The van der Waals surface area contributed by atoms with Gasteiger partial charge in [0.05, 0.1) is 5.56 Å². The number of nitrogens with one attached hydrogen (secondary N) is 1. The van der Waals surface area contributed by atoms with Gasteiger partial charge in [0.2, 0.25) is 0 Å². The lowest BCUT2D eigenvalue weighted by molar-refractivity contribution is 0.102. The molecule has 2 aromatic rings. The number of carbonyl (C=O) groups excluding carboxylic acids is 1. The number of aryl methyl sites for hydroxylation is 1. The van der Waals surface area contributed by atoms with E-state index in [0.717, 1.165) is 3.57 Å². The number of aromatic hydroxyl groups is 1. The van der Waals surface area contributed by atoms with E-state index in [1.54, 1.807) is 43.3 Å². The van der Waals surface area contributed by atoms with Crippen LogP contribution in [0.2, 0.25) is 5.02 Å². The molecule has 0 unspecified atom stereocenters. The molecule has 5 heteroatoms. The number of carbonyl (C=O) groups is 1. The molecule has 2 rings (SSSR count). The maximum atomic E-state index is 12.1. The van der Waals surface area contributed by atoms with Crippen molar-refractivity contribution in [3.8, 4) is 5.75 Å². The molecule has 0 fully saturated rings. The van der Waals surface area contributed by atoms with Crippen molar-refractivity contribution in [1.82, 2.24) is 0 Å². The molecule has 2 aromatic carbocycles. The van der Waals surface area contributed by atoms with Gasteiger partial charge in [0.15, 0.2) is 0 Å². The summed E-state index contributed by atoms with van der Waals surface area (Å²) in [4.78, 5) is 12.1. The molecule has 3 nitrogen and oxygen atoms in total. The topological polar surface area (TPSA) is 49.3 Å². The van der Waals surface area contributed by atoms with Crippen LogP contribution < -0.4 is 5.32 Å². The number of rotatable bonds is 2. The van der Waals surface area contributed by atoms with Crippen LogP contribution in [0.15, 0.2) is 36.4 Å². The standard InChI is InChI=1S/C14H11ClINO2/c1-8-6-10(3-5-13(8)18)17-14(19)11-7-9(15)2-4-12(11)16/h2-7,18H,1H3,(H,17,19). The van der Waals surface area contributed by atoms with Crippen molar-refractivity contribution >= 4 is 45.8 Å². The van der Waals surface area contributed by atoms with E-state index < -0.39 is 0 Å². The molecule has 0 aromatic heterocycles. The summed E-state index contributed by atoms with van der Waals surface area (Å²) in [7, 11) is 0. The van der Waals surface area contributed by atoms with Crippen LogP contribution in [0.4, 0.5) is 5.69 Å². The fraction of sp³-hybridized carbons (Fsp3) is 0.0714.